The van der Waals surface area contributed by atoms with Crippen molar-refractivity contribution in [3.63, 3.8) is 0 Å². The first kappa shape index (κ1) is 20.9. The molecule has 4 rings (SSSR count). The van der Waals surface area contributed by atoms with Gasteiger partial charge in [0.05, 0.1) is 5.55 Å². The fourth-order valence-electron chi connectivity index (χ4n) is 3.48. The number of hydrogen-bond donors (Lipinski definition) is 2. The summed E-state index contributed by atoms with van der Waals surface area (Å²) in [4.78, 5) is 21.1. The van der Waals surface area contributed by atoms with Crippen LogP contribution in [0.2, 0.25) is 0 Å². The van der Waals surface area contributed by atoms with Gasteiger partial charge in [-0.25, -0.2) is 9.89 Å². The smallest absolute Gasteiger partial charge is 0.338 e. The fourth-order valence-corrected chi connectivity index (χ4v) is 4.39. The summed E-state index contributed by atoms with van der Waals surface area (Å²) in [6, 6.07) is 15.7. The Bertz CT molecular complexity index is 1110. The topological polar surface area (TPSA) is 116 Å². The number of hydrogen-bond acceptors (Lipinski definition) is 7. The van der Waals surface area contributed by atoms with Crippen molar-refractivity contribution in [2.45, 2.75) is 31.7 Å². The molecule has 2 N–H and O–H groups in total. The Morgan fingerprint density at radius 2 is 1.94 bits per heavy atom. The molecule has 9 heteroatoms. The first-order valence-corrected chi connectivity index (χ1v) is 10.9. The van der Waals surface area contributed by atoms with Gasteiger partial charge in [-0.15, -0.1) is 5.10 Å². The van der Waals surface area contributed by atoms with Gasteiger partial charge in [0.25, 0.3) is 0 Å². The number of carbonyl (C=O) groups is 1. The highest BCUT2D eigenvalue weighted by atomic mass is 32.2. The van der Waals surface area contributed by atoms with Gasteiger partial charge in [-0.1, -0.05) is 73.6 Å². The van der Waals surface area contributed by atoms with Gasteiger partial charge in [0.1, 0.15) is 5.04 Å². The first-order chi connectivity index (χ1) is 15.1. The van der Waals surface area contributed by atoms with E-state index in [1.54, 1.807) is 5.55 Å². The third-order valence-electron chi connectivity index (χ3n) is 5.16. The minimum atomic E-state index is -1.34. The summed E-state index contributed by atoms with van der Waals surface area (Å²) in [5.41, 5.74) is 3.99. The molecule has 0 radical (unpaired) electrons. The molecule has 3 aromatic rings. The molecule has 0 fully saturated rings. The van der Waals surface area contributed by atoms with Crippen LogP contribution in [0.4, 0.5) is 0 Å². The zero-order chi connectivity index (χ0) is 21.7. The molecule has 8 nitrogen and oxygen atoms in total. The van der Waals surface area contributed by atoms with E-state index in [0.717, 1.165) is 35.1 Å². The van der Waals surface area contributed by atoms with Gasteiger partial charge in [0.15, 0.2) is 5.82 Å². The number of unbranched alkanes of at least 4 members (excludes halogenated alkanes) is 1. The molecule has 0 saturated heterocycles. The van der Waals surface area contributed by atoms with Crippen LogP contribution in [0.25, 0.3) is 22.5 Å². The average Bonchev–Trinajstić information content (AvgIpc) is 3.46. The van der Waals surface area contributed by atoms with E-state index in [1.807, 2.05) is 48.5 Å². The predicted octanol–water partition coefficient (Wildman–Crippen LogP) is 3.87. The van der Waals surface area contributed by atoms with Crippen LogP contribution in [0.3, 0.4) is 0 Å². The Labute approximate surface area is 183 Å². The molecule has 1 aliphatic rings. The lowest BCUT2D eigenvalue weighted by Crippen LogP contribution is -2.43. The van der Waals surface area contributed by atoms with E-state index in [2.05, 4.69) is 37.5 Å². The number of nitrogens with one attached hydrogen (secondary N) is 1. The molecule has 2 aromatic carbocycles. The fraction of sp³-hybridized carbons (Fsp3) is 0.273. The van der Waals surface area contributed by atoms with Crippen molar-refractivity contribution in [1.82, 2.24) is 20.6 Å². The molecule has 1 unspecified atom stereocenters. The maximum Gasteiger partial charge on any atom is 0.338 e. The van der Waals surface area contributed by atoms with Crippen molar-refractivity contribution >= 4 is 28.3 Å². The minimum absolute atomic E-state index is 0.255. The van der Waals surface area contributed by atoms with Gasteiger partial charge in [0.2, 0.25) is 5.54 Å². The predicted molar refractivity (Wildman–Crippen MR) is 122 cm³/mol. The summed E-state index contributed by atoms with van der Waals surface area (Å²) in [5, 5.41) is 24.7. The Kier molecular flexibility index (Phi) is 6.22. The number of aromatic amines is 1. The van der Waals surface area contributed by atoms with Gasteiger partial charge in [-0.05, 0) is 33.5 Å². The molecule has 0 amide bonds. The number of aliphatic carboxylic acids is 1. The van der Waals surface area contributed by atoms with Crippen LogP contribution in [0, 0.1) is 0 Å². The van der Waals surface area contributed by atoms with Gasteiger partial charge in [-0.2, -0.15) is 0 Å². The number of aliphatic imine (C=N–C) groups is 2. The molecule has 2 heterocycles. The number of H-pyrrole nitrogens is 1. The number of aromatic nitrogens is 4. The summed E-state index contributed by atoms with van der Waals surface area (Å²) < 4.78 is 0. The Morgan fingerprint density at radius 3 is 2.61 bits per heavy atom. The minimum Gasteiger partial charge on any atom is -0.479 e. The Hall–Kier alpha value is -3.33. The van der Waals surface area contributed by atoms with Crippen molar-refractivity contribution in [3.05, 3.63) is 54.1 Å². The highest BCUT2D eigenvalue weighted by Gasteiger charge is 2.46. The molecule has 1 atom stereocenters. The summed E-state index contributed by atoms with van der Waals surface area (Å²) in [5.74, 6) is -0.383. The van der Waals surface area contributed by atoms with E-state index in [4.69, 9.17) is 0 Å². The van der Waals surface area contributed by atoms with Crippen LogP contribution in [-0.2, 0) is 11.2 Å². The maximum absolute atomic E-state index is 12.2. The lowest BCUT2D eigenvalue weighted by molar-refractivity contribution is -0.140. The van der Waals surface area contributed by atoms with Crippen molar-refractivity contribution in [1.29, 1.82) is 0 Å². The van der Waals surface area contributed by atoms with Crippen LogP contribution in [0.1, 0.15) is 25.3 Å². The zero-order valence-electron chi connectivity index (χ0n) is 17.0. The largest absolute Gasteiger partial charge is 0.479 e. The average molecular weight is 435 g/mol. The van der Waals surface area contributed by atoms with Crippen LogP contribution < -0.4 is 0 Å². The van der Waals surface area contributed by atoms with E-state index in [1.165, 1.54) is 11.8 Å². The summed E-state index contributed by atoms with van der Waals surface area (Å²) in [6.07, 6.45) is 2.19. The first-order valence-electron chi connectivity index (χ1n) is 10.0. The molecule has 158 valence electrons. The molecular formula is C22H22N6O2S. The van der Waals surface area contributed by atoms with Crippen molar-refractivity contribution < 1.29 is 9.90 Å². The molecule has 0 bridgehead atoms. The van der Waals surface area contributed by atoms with Crippen molar-refractivity contribution in [2.24, 2.45) is 9.98 Å². The third kappa shape index (κ3) is 4.27. The monoisotopic (exact) mass is 434 g/mol. The third-order valence-corrected chi connectivity index (χ3v) is 6.07. The number of rotatable bonds is 8. The van der Waals surface area contributed by atoms with Gasteiger partial charge in [0, 0.05) is 18.5 Å². The highest BCUT2D eigenvalue weighted by molar-refractivity contribution is 8.25. The molecule has 0 saturated carbocycles. The number of thioether (sulfide) groups is 1. The van der Waals surface area contributed by atoms with E-state index in [-0.39, 0.29) is 6.42 Å². The summed E-state index contributed by atoms with van der Waals surface area (Å²) in [6.45, 7) is 2.70. The van der Waals surface area contributed by atoms with Gasteiger partial charge < -0.3 is 5.11 Å². The van der Waals surface area contributed by atoms with Gasteiger partial charge in [-0.3, -0.25) is 9.98 Å². The number of tetrazole rings is 1. The highest BCUT2D eigenvalue weighted by Crippen LogP contribution is 2.33. The summed E-state index contributed by atoms with van der Waals surface area (Å²) >= 11 is 1.30. The van der Waals surface area contributed by atoms with Crippen LogP contribution >= 0.6 is 11.8 Å². The molecule has 31 heavy (non-hydrogen) atoms. The Balaban J connectivity index is 1.61. The Morgan fingerprint density at radius 1 is 1.16 bits per heavy atom. The number of carboxylic acids is 1. The summed E-state index contributed by atoms with van der Waals surface area (Å²) in [7, 11) is 0. The quantitative estimate of drug-likeness (QED) is 0.520. The second-order valence-electron chi connectivity index (χ2n) is 7.23. The van der Waals surface area contributed by atoms with E-state index in [9.17, 15) is 9.90 Å². The number of benzene rings is 2. The van der Waals surface area contributed by atoms with E-state index in [0.29, 0.717) is 17.4 Å². The van der Waals surface area contributed by atoms with Crippen molar-refractivity contribution in [3.8, 4) is 22.5 Å². The van der Waals surface area contributed by atoms with Gasteiger partial charge >= 0.3 is 5.97 Å². The normalized spacial score (nSPS) is 19.2. The van der Waals surface area contributed by atoms with Crippen LogP contribution in [-0.4, -0.2) is 54.4 Å². The molecule has 1 aromatic heterocycles. The van der Waals surface area contributed by atoms with Crippen molar-refractivity contribution in [2.75, 3.05) is 6.54 Å². The molecule has 0 spiro atoms. The molecular weight excluding hydrogens is 412 g/mol. The lowest BCUT2D eigenvalue weighted by atomic mass is 9.90. The van der Waals surface area contributed by atoms with Crippen LogP contribution in [0.5, 0.6) is 0 Å². The molecule has 1 aliphatic heterocycles. The zero-order valence-corrected chi connectivity index (χ0v) is 17.8. The maximum atomic E-state index is 12.2. The lowest BCUT2D eigenvalue weighted by Gasteiger charge is -2.22. The van der Waals surface area contributed by atoms with Crippen LogP contribution in [0.15, 0.2) is 58.5 Å². The number of carboxylic acid groups (broad SMARTS) is 1. The molecule has 0 aliphatic carbocycles. The number of nitrogens with zero attached hydrogens (tertiary/aromatic N) is 5. The SMILES string of the molecule is CCCCN=C1SC=NC1(Cc1ccc(-c2ccccc2-c2nnn[nH]2)cc1)C(=O)O. The second kappa shape index (κ2) is 9.22. The standard InChI is InChI=1S/C22H22N6O2S/c1-2-3-12-23-20-22(21(29)30,24-14-31-20)13-15-8-10-16(11-9-15)17-6-4-5-7-18(17)19-25-27-28-26-19/h4-11,14H,2-3,12-13H2,1H3,(H,29,30)(H,25,26,27,28). The van der Waals surface area contributed by atoms with E-state index >= 15 is 0 Å². The van der Waals surface area contributed by atoms with E-state index < -0.39 is 11.5 Å². The second-order valence-corrected chi connectivity index (χ2v) is 8.06.